The summed E-state index contributed by atoms with van der Waals surface area (Å²) in [6, 6.07) is 7.22. The zero-order valence-corrected chi connectivity index (χ0v) is 11.7. The Morgan fingerprint density at radius 2 is 1.86 bits per heavy atom. The van der Waals surface area contributed by atoms with Crippen molar-refractivity contribution in [2.75, 3.05) is 18.5 Å². The molecule has 2 aromatic carbocycles. The van der Waals surface area contributed by atoms with Crippen LogP contribution < -0.4 is 14.8 Å². The molecule has 21 heavy (non-hydrogen) atoms. The number of ether oxygens (including phenoxy) is 2. The maximum Gasteiger partial charge on any atom is 0.179 e. The van der Waals surface area contributed by atoms with Gasteiger partial charge >= 0.3 is 0 Å². The summed E-state index contributed by atoms with van der Waals surface area (Å²) in [5.41, 5.74) is 1.34. The van der Waals surface area contributed by atoms with E-state index in [4.69, 9.17) is 21.1 Å². The van der Waals surface area contributed by atoms with Gasteiger partial charge in [-0.2, -0.15) is 0 Å². The van der Waals surface area contributed by atoms with Crippen molar-refractivity contribution in [2.24, 2.45) is 0 Å². The Hall–Kier alpha value is -2.01. The number of halogens is 3. The van der Waals surface area contributed by atoms with Gasteiger partial charge < -0.3 is 14.8 Å². The highest BCUT2D eigenvalue weighted by Gasteiger charge is 2.16. The molecule has 0 unspecified atom stereocenters. The van der Waals surface area contributed by atoms with Gasteiger partial charge in [0.1, 0.15) is 13.2 Å². The van der Waals surface area contributed by atoms with E-state index in [0.29, 0.717) is 42.0 Å². The van der Waals surface area contributed by atoms with Gasteiger partial charge in [-0.1, -0.05) is 11.6 Å². The zero-order valence-electron chi connectivity index (χ0n) is 11.0. The van der Waals surface area contributed by atoms with E-state index >= 15 is 0 Å². The Bertz CT molecular complexity index is 679. The summed E-state index contributed by atoms with van der Waals surface area (Å²) < 4.78 is 36.9. The summed E-state index contributed by atoms with van der Waals surface area (Å²) in [6.45, 7) is 1.35. The van der Waals surface area contributed by atoms with Gasteiger partial charge in [-0.05, 0) is 29.8 Å². The summed E-state index contributed by atoms with van der Waals surface area (Å²) in [4.78, 5) is 0. The lowest BCUT2D eigenvalue weighted by molar-refractivity contribution is 0.171. The van der Waals surface area contributed by atoms with E-state index in [1.165, 1.54) is 6.07 Å². The number of hydrogen-bond acceptors (Lipinski definition) is 3. The van der Waals surface area contributed by atoms with Crippen LogP contribution in [0.3, 0.4) is 0 Å². The highest BCUT2D eigenvalue weighted by molar-refractivity contribution is 6.32. The smallest absolute Gasteiger partial charge is 0.179 e. The predicted octanol–water partition coefficient (Wildman–Crippen LogP) is 4.00. The van der Waals surface area contributed by atoms with E-state index in [2.05, 4.69) is 5.32 Å². The lowest BCUT2D eigenvalue weighted by Crippen LogP contribution is -2.16. The van der Waals surface area contributed by atoms with Crippen LogP contribution in [0.1, 0.15) is 5.56 Å². The third kappa shape index (κ3) is 3.03. The van der Waals surface area contributed by atoms with Crippen LogP contribution in [-0.2, 0) is 6.54 Å². The second-order valence-electron chi connectivity index (χ2n) is 4.58. The van der Waals surface area contributed by atoms with E-state index in [9.17, 15) is 8.78 Å². The Balaban J connectivity index is 1.76. The van der Waals surface area contributed by atoms with Gasteiger partial charge in [0, 0.05) is 18.3 Å². The minimum Gasteiger partial charge on any atom is -0.486 e. The summed E-state index contributed by atoms with van der Waals surface area (Å²) in [6.07, 6.45) is 0. The Labute approximate surface area is 125 Å². The van der Waals surface area contributed by atoms with Gasteiger partial charge in [0.2, 0.25) is 0 Å². The van der Waals surface area contributed by atoms with E-state index in [1.54, 1.807) is 6.07 Å². The highest BCUT2D eigenvalue weighted by atomic mass is 35.5. The van der Waals surface area contributed by atoms with Crippen LogP contribution in [0.4, 0.5) is 14.5 Å². The largest absolute Gasteiger partial charge is 0.486 e. The Morgan fingerprint density at radius 1 is 1.05 bits per heavy atom. The molecular formula is C15H12ClF2NO2. The van der Waals surface area contributed by atoms with Gasteiger partial charge in [0.15, 0.2) is 23.1 Å². The van der Waals surface area contributed by atoms with E-state index in [-0.39, 0.29) is 0 Å². The van der Waals surface area contributed by atoms with Gasteiger partial charge in [-0.3, -0.25) is 0 Å². The molecule has 0 saturated carbocycles. The first kappa shape index (κ1) is 13.9. The summed E-state index contributed by atoms with van der Waals surface area (Å²) >= 11 is 6.13. The Morgan fingerprint density at radius 3 is 2.67 bits per heavy atom. The number of benzene rings is 2. The standard InChI is InChI=1S/C15H12ClF2NO2/c16-11-5-9(6-14-15(11)21-4-3-20-14)8-19-10-1-2-12(17)13(18)7-10/h1-2,5-7,19H,3-4,8H2. The number of fused-ring (bicyclic) bond motifs is 1. The molecule has 0 radical (unpaired) electrons. The highest BCUT2D eigenvalue weighted by Crippen LogP contribution is 2.38. The van der Waals surface area contributed by atoms with Crippen LogP contribution in [0.2, 0.25) is 5.02 Å². The quantitative estimate of drug-likeness (QED) is 0.929. The van der Waals surface area contributed by atoms with Crippen molar-refractivity contribution in [3.63, 3.8) is 0 Å². The number of rotatable bonds is 3. The molecule has 1 N–H and O–H groups in total. The molecule has 0 fully saturated rings. The van der Waals surface area contributed by atoms with Crippen molar-refractivity contribution in [3.05, 3.63) is 52.6 Å². The fourth-order valence-electron chi connectivity index (χ4n) is 2.08. The average molecular weight is 312 g/mol. The Kier molecular flexibility index (Phi) is 3.84. The maximum absolute atomic E-state index is 13.1. The molecule has 0 aliphatic carbocycles. The third-order valence-corrected chi connectivity index (χ3v) is 3.35. The van der Waals surface area contributed by atoms with Crippen LogP contribution in [0.15, 0.2) is 30.3 Å². The second-order valence-corrected chi connectivity index (χ2v) is 4.99. The van der Waals surface area contributed by atoms with Crippen LogP contribution in [0.25, 0.3) is 0 Å². The molecule has 0 atom stereocenters. The lowest BCUT2D eigenvalue weighted by Gasteiger charge is -2.20. The fourth-order valence-corrected chi connectivity index (χ4v) is 2.36. The molecule has 110 valence electrons. The second kappa shape index (κ2) is 5.77. The monoisotopic (exact) mass is 311 g/mol. The first-order valence-electron chi connectivity index (χ1n) is 6.40. The summed E-state index contributed by atoms with van der Waals surface area (Å²) in [7, 11) is 0. The summed E-state index contributed by atoms with van der Waals surface area (Å²) in [5.74, 6) is -0.626. The van der Waals surface area contributed by atoms with Gasteiger partial charge in [-0.15, -0.1) is 0 Å². The third-order valence-electron chi connectivity index (χ3n) is 3.07. The van der Waals surface area contributed by atoms with Crippen molar-refractivity contribution < 1.29 is 18.3 Å². The molecule has 0 bridgehead atoms. The first-order chi connectivity index (χ1) is 10.1. The molecular weight excluding hydrogens is 300 g/mol. The number of nitrogens with one attached hydrogen (secondary N) is 1. The molecule has 0 amide bonds. The van der Waals surface area contributed by atoms with Gasteiger partial charge in [-0.25, -0.2) is 8.78 Å². The van der Waals surface area contributed by atoms with Crippen molar-refractivity contribution in [1.29, 1.82) is 0 Å². The molecule has 0 aromatic heterocycles. The molecule has 3 nitrogen and oxygen atoms in total. The molecule has 1 aliphatic heterocycles. The molecule has 0 spiro atoms. The normalized spacial score (nSPS) is 13.1. The zero-order chi connectivity index (χ0) is 14.8. The average Bonchev–Trinajstić information content (AvgIpc) is 2.49. The minimum atomic E-state index is -0.889. The molecule has 3 rings (SSSR count). The molecule has 0 saturated heterocycles. The van der Waals surface area contributed by atoms with E-state index < -0.39 is 11.6 Å². The van der Waals surface area contributed by atoms with Gasteiger partial charge in [0.25, 0.3) is 0 Å². The van der Waals surface area contributed by atoms with E-state index in [1.807, 2.05) is 6.07 Å². The summed E-state index contributed by atoms with van der Waals surface area (Å²) in [5, 5.41) is 3.47. The van der Waals surface area contributed by atoms with Crippen molar-refractivity contribution in [1.82, 2.24) is 0 Å². The van der Waals surface area contributed by atoms with E-state index in [0.717, 1.165) is 17.7 Å². The van der Waals surface area contributed by atoms with Crippen molar-refractivity contribution >= 4 is 17.3 Å². The molecule has 1 aliphatic rings. The van der Waals surface area contributed by atoms with Crippen LogP contribution in [0.5, 0.6) is 11.5 Å². The first-order valence-corrected chi connectivity index (χ1v) is 6.78. The molecule has 1 heterocycles. The maximum atomic E-state index is 13.1. The number of hydrogen-bond donors (Lipinski definition) is 1. The minimum absolute atomic E-state index is 0.404. The lowest BCUT2D eigenvalue weighted by atomic mass is 10.2. The molecule has 2 aromatic rings. The topological polar surface area (TPSA) is 30.5 Å². The van der Waals surface area contributed by atoms with Gasteiger partial charge in [0.05, 0.1) is 5.02 Å². The SMILES string of the molecule is Fc1ccc(NCc2cc(Cl)c3c(c2)OCCO3)cc1F. The van der Waals surface area contributed by atoms with Crippen LogP contribution in [-0.4, -0.2) is 13.2 Å². The van der Waals surface area contributed by atoms with Crippen molar-refractivity contribution in [3.8, 4) is 11.5 Å². The predicted molar refractivity (Wildman–Crippen MR) is 76.1 cm³/mol. The van der Waals surface area contributed by atoms with Crippen LogP contribution in [0, 0.1) is 11.6 Å². The fraction of sp³-hybridized carbons (Fsp3) is 0.200. The van der Waals surface area contributed by atoms with Crippen molar-refractivity contribution in [2.45, 2.75) is 6.54 Å². The number of anilines is 1. The van der Waals surface area contributed by atoms with Crippen LogP contribution >= 0.6 is 11.6 Å². The molecule has 6 heteroatoms.